The molecule has 1 heterocycles. The Morgan fingerprint density at radius 3 is 3.25 bits per heavy atom. The van der Waals surface area contributed by atoms with Crippen LogP contribution in [-0.4, -0.2) is 25.5 Å². The van der Waals surface area contributed by atoms with E-state index in [1.165, 1.54) is 0 Å². The number of ether oxygens (including phenoxy) is 1. The Hall–Kier alpha value is -1.13. The van der Waals surface area contributed by atoms with Crippen molar-refractivity contribution >= 4 is 5.78 Å². The van der Waals surface area contributed by atoms with Gasteiger partial charge in [-0.25, -0.2) is 0 Å². The van der Waals surface area contributed by atoms with E-state index in [9.17, 15) is 4.79 Å². The maximum absolute atomic E-state index is 12.1. The third-order valence-corrected chi connectivity index (χ3v) is 3.20. The molecule has 0 amide bonds. The number of methoxy groups -OCH3 is 1. The van der Waals surface area contributed by atoms with Gasteiger partial charge in [-0.3, -0.25) is 4.79 Å². The number of carbonyl (C=O) groups is 1. The first-order valence-corrected chi connectivity index (χ1v) is 5.59. The van der Waals surface area contributed by atoms with Crippen LogP contribution < -0.4 is 5.73 Å². The first kappa shape index (κ1) is 11.4. The zero-order chi connectivity index (χ0) is 11.5. The Morgan fingerprint density at radius 2 is 2.50 bits per heavy atom. The minimum Gasteiger partial charge on any atom is -0.469 e. The third-order valence-electron chi connectivity index (χ3n) is 3.20. The average Bonchev–Trinajstić information content (AvgIpc) is 2.75. The summed E-state index contributed by atoms with van der Waals surface area (Å²) in [5.74, 6) is 0.846. The van der Waals surface area contributed by atoms with Crippen LogP contribution in [0.2, 0.25) is 0 Å². The Kier molecular flexibility index (Phi) is 3.41. The Morgan fingerprint density at radius 1 is 1.69 bits per heavy atom. The van der Waals surface area contributed by atoms with Crippen molar-refractivity contribution in [3.8, 4) is 0 Å². The molecule has 0 spiro atoms. The SMILES string of the molecule is COCCC(N)C1CCc2occc2C1=O. The molecule has 4 nitrogen and oxygen atoms in total. The highest BCUT2D eigenvalue weighted by Crippen LogP contribution is 2.28. The fourth-order valence-electron chi connectivity index (χ4n) is 2.23. The molecule has 0 bridgehead atoms. The molecule has 1 aliphatic rings. The monoisotopic (exact) mass is 223 g/mol. The number of fused-ring (bicyclic) bond motifs is 1. The smallest absolute Gasteiger partial charge is 0.171 e. The largest absolute Gasteiger partial charge is 0.469 e. The molecule has 88 valence electrons. The molecule has 2 unspecified atom stereocenters. The Balaban J connectivity index is 2.06. The number of rotatable bonds is 4. The molecule has 1 aliphatic carbocycles. The Bertz CT molecular complexity index is 372. The second kappa shape index (κ2) is 4.80. The topological polar surface area (TPSA) is 65.5 Å². The highest BCUT2D eigenvalue weighted by molar-refractivity contribution is 6.00. The van der Waals surface area contributed by atoms with Gasteiger partial charge in [-0.2, -0.15) is 0 Å². The predicted octanol–water partition coefficient (Wildman–Crippen LogP) is 1.39. The fraction of sp³-hybridized carbons (Fsp3) is 0.583. The molecule has 2 rings (SSSR count). The number of hydrogen-bond donors (Lipinski definition) is 1. The van der Waals surface area contributed by atoms with E-state index < -0.39 is 0 Å². The molecule has 0 aromatic carbocycles. The summed E-state index contributed by atoms with van der Waals surface area (Å²) < 4.78 is 10.2. The van der Waals surface area contributed by atoms with Crippen molar-refractivity contribution in [3.63, 3.8) is 0 Å². The zero-order valence-electron chi connectivity index (χ0n) is 9.44. The number of aryl methyl sites for hydroxylation is 1. The summed E-state index contributed by atoms with van der Waals surface area (Å²) in [6.07, 6.45) is 3.88. The molecule has 0 fully saturated rings. The van der Waals surface area contributed by atoms with Crippen LogP contribution in [0.15, 0.2) is 16.7 Å². The molecule has 0 radical (unpaired) electrons. The van der Waals surface area contributed by atoms with Gasteiger partial charge in [0.15, 0.2) is 5.78 Å². The normalized spacial score (nSPS) is 21.9. The van der Waals surface area contributed by atoms with E-state index in [-0.39, 0.29) is 17.7 Å². The van der Waals surface area contributed by atoms with Crippen molar-refractivity contribution in [1.29, 1.82) is 0 Å². The first-order chi connectivity index (χ1) is 7.74. The maximum Gasteiger partial charge on any atom is 0.171 e. The van der Waals surface area contributed by atoms with Crippen molar-refractivity contribution in [2.24, 2.45) is 11.7 Å². The molecule has 16 heavy (non-hydrogen) atoms. The van der Waals surface area contributed by atoms with Crippen LogP contribution >= 0.6 is 0 Å². The van der Waals surface area contributed by atoms with E-state index >= 15 is 0 Å². The van der Waals surface area contributed by atoms with Crippen LogP contribution in [0.4, 0.5) is 0 Å². The molecular formula is C12H17NO3. The zero-order valence-corrected chi connectivity index (χ0v) is 9.44. The molecule has 2 atom stereocenters. The lowest BCUT2D eigenvalue weighted by atomic mass is 9.81. The summed E-state index contributed by atoms with van der Waals surface area (Å²) >= 11 is 0. The van der Waals surface area contributed by atoms with Crippen molar-refractivity contribution in [3.05, 3.63) is 23.7 Å². The van der Waals surface area contributed by atoms with Crippen LogP contribution in [0.1, 0.15) is 29.0 Å². The molecule has 0 saturated heterocycles. The van der Waals surface area contributed by atoms with Gasteiger partial charge in [-0.1, -0.05) is 0 Å². The molecular weight excluding hydrogens is 206 g/mol. The average molecular weight is 223 g/mol. The lowest BCUT2D eigenvalue weighted by molar-refractivity contribution is 0.0859. The second-order valence-corrected chi connectivity index (χ2v) is 4.21. The van der Waals surface area contributed by atoms with Crippen LogP contribution in [-0.2, 0) is 11.2 Å². The first-order valence-electron chi connectivity index (χ1n) is 5.59. The summed E-state index contributed by atoms with van der Waals surface area (Å²) in [5, 5.41) is 0. The molecule has 1 aromatic heterocycles. The van der Waals surface area contributed by atoms with Crippen molar-refractivity contribution in [2.45, 2.75) is 25.3 Å². The quantitative estimate of drug-likeness (QED) is 0.837. The number of Topliss-reactive ketones (excluding diaryl/α,β-unsaturated/α-hetero) is 1. The van der Waals surface area contributed by atoms with Crippen LogP contribution in [0.3, 0.4) is 0 Å². The maximum atomic E-state index is 12.1. The van der Waals surface area contributed by atoms with Crippen LogP contribution in [0.5, 0.6) is 0 Å². The lowest BCUT2D eigenvalue weighted by Crippen LogP contribution is -2.38. The van der Waals surface area contributed by atoms with E-state index in [1.54, 1.807) is 19.4 Å². The summed E-state index contributed by atoms with van der Waals surface area (Å²) in [4.78, 5) is 12.1. The summed E-state index contributed by atoms with van der Waals surface area (Å²) in [7, 11) is 1.64. The van der Waals surface area contributed by atoms with Gasteiger partial charge in [0.1, 0.15) is 5.76 Å². The fourth-order valence-corrected chi connectivity index (χ4v) is 2.23. The van der Waals surface area contributed by atoms with E-state index in [1.807, 2.05) is 0 Å². The molecule has 4 heteroatoms. The molecule has 0 saturated carbocycles. The van der Waals surface area contributed by atoms with Crippen molar-refractivity contribution in [2.75, 3.05) is 13.7 Å². The van der Waals surface area contributed by atoms with Gasteiger partial charge in [0.05, 0.1) is 11.8 Å². The third kappa shape index (κ3) is 2.03. The minimum absolute atomic E-state index is 0.0831. The van der Waals surface area contributed by atoms with Gasteiger partial charge >= 0.3 is 0 Å². The number of hydrogen-bond acceptors (Lipinski definition) is 4. The summed E-state index contributed by atoms with van der Waals surface area (Å²) in [5.41, 5.74) is 6.73. The van der Waals surface area contributed by atoms with Gasteiger partial charge < -0.3 is 14.9 Å². The number of carbonyl (C=O) groups excluding carboxylic acids is 1. The van der Waals surface area contributed by atoms with E-state index in [4.69, 9.17) is 14.9 Å². The summed E-state index contributed by atoms with van der Waals surface area (Å²) in [6, 6.07) is 1.63. The predicted molar refractivity (Wildman–Crippen MR) is 59.3 cm³/mol. The lowest BCUT2D eigenvalue weighted by Gasteiger charge is -2.25. The summed E-state index contributed by atoms with van der Waals surface area (Å²) in [6.45, 7) is 0.600. The van der Waals surface area contributed by atoms with Gasteiger partial charge in [0.2, 0.25) is 0 Å². The van der Waals surface area contributed by atoms with Gasteiger partial charge in [-0.05, 0) is 18.9 Å². The van der Waals surface area contributed by atoms with Gasteiger partial charge in [0, 0.05) is 32.1 Å². The van der Waals surface area contributed by atoms with Crippen LogP contribution in [0.25, 0.3) is 0 Å². The van der Waals surface area contributed by atoms with Crippen LogP contribution in [0, 0.1) is 5.92 Å². The standard InChI is InChI=1S/C12H17NO3/c1-15-6-5-10(13)8-2-3-11-9(12(8)14)4-7-16-11/h4,7-8,10H,2-3,5-6,13H2,1H3. The van der Waals surface area contributed by atoms with Crippen molar-refractivity contribution in [1.82, 2.24) is 0 Å². The van der Waals surface area contributed by atoms with Gasteiger partial charge in [-0.15, -0.1) is 0 Å². The van der Waals surface area contributed by atoms with Crippen molar-refractivity contribution < 1.29 is 13.9 Å². The highest BCUT2D eigenvalue weighted by atomic mass is 16.5. The van der Waals surface area contributed by atoms with E-state index in [0.717, 1.165) is 25.0 Å². The Labute approximate surface area is 94.8 Å². The molecule has 0 aliphatic heterocycles. The van der Waals surface area contributed by atoms with Gasteiger partial charge in [0.25, 0.3) is 0 Å². The number of nitrogens with two attached hydrogens (primary N) is 1. The minimum atomic E-state index is -0.115. The van der Waals surface area contributed by atoms with E-state index in [2.05, 4.69) is 0 Å². The highest BCUT2D eigenvalue weighted by Gasteiger charge is 2.33. The molecule has 2 N–H and O–H groups in total. The molecule has 1 aromatic rings. The number of furan rings is 1. The van der Waals surface area contributed by atoms with E-state index in [0.29, 0.717) is 12.2 Å². The second-order valence-electron chi connectivity index (χ2n) is 4.21. The number of ketones is 1.